The van der Waals surface area contributed by atoms with Crippen molar-refractivity contribution in [3.63, 3.8) is 0 Å². The van der Waals surface area contributed by atoms with Crippen molar-refractivity contribution in [2.45, 2.75) is 13.8 Å². The molecule has 2 rings (SSSR count). The molecular formula is C13H15FN2O2. The fraction of sp³-hybridized carbons (Fsp3) is 0.231. The molecule has 0 spiro atoms. The molecule has 0 aliphatic carbocycles. The van der Waals surface area contributed by atoms with Crippen molar-refractivity contribution in [2.24, 2.45) is 7.05 Å². The van der Waals surface area contributed by atoms with Gasteiger partial charge in [-0.3, -0.25) is 4.79 Å². The lowest BCUT2D eigenvalue weighted by Crippen LogP contribution is -1.89. The van der Waals surface area contributed by atoms with Gasteiger partial charge in [0.05, 0.1) is 0 Å². The summed E-state index contributed by atoms with van der Waals surface area (Å²) in [5.74, 6) is -1.09. The Labute approximate surface area is 104 Å². The molecule has 0 aliphatic rings. The highest BCUT2D eigenvalue weighted by molar-refractivity contribution is 6.08. The zero-order chi connectivity index (χ0) is 13.9. The second kappa shape index (κ2) is 5.44. The van der Waals surface area contributed by atoms with Crippen LogP contribution in [0.5, 0.6) is 0 Å². The number of aromatic nitrogens is 1. The van der Waals surface area contributed by atoms with E-state index in [1.807, 2.05) is 17.8 Å². The maximum atomic E-state index is 13.0. The minimum Gasteiger partial charge on any atom is -0.481 e. The summed E-state index contributed by atoms with van der Waals surface area (Å²) in [6, 6.07) is 4.64. The third-order valence-electron chi connectivity index (χ3n) is 2.36. The standard InChI is InChI=1S/C11H11FN2.C2H4O2/c1-7(13)10-6-14(2)11-4-3-8(12)5-9(10)11;1-2(3)4/h3-6,13H,1-2H3;1H3,(H,3,4). The van der Waals surface area contributed by atoms with Crippen molar-refractivity contribution in [1.82, 2.24) is 4.57 Å². The van der Waals surface area contributed by atoms with Gasteiger partial charge in [0.25, 0.3) is 5.97 Å². The first-order valence-electron chi connectivity index (χ1n) is 5.32. The zero-order valence-corrected chi connectivity index (χ0v) is 10.5. The van der Waals surface area contributed by atoms with Gasteiger partial charge >= 0.3 is 0 Å². The van der Waals surface area contributed by atoms with E-state index in [0.717, 1.165) is 23.4 Å². The highest BCUT2D eigenvalue weighted by Crippen LogP contribution is 2.21. The predicted molar refractivity (Wildman–Crippen MR) is 68.7 cm³/mol. The molecule has 0 radical (unpaired) electrons. The molecule has 0 saturated heterocycles. The van der Waals surface area contributed by atoms with Gasteiger partial charge in [-0.1, -0.05) is 0 Å². The normalized spacial score (nSPS) is 9.78. The Morgan fingerprint density at radius 1 is 1.39 bits per heavy atom. The summed E-state index contributed by atoms with van der Waals surface area (Å²) < 4.78 is 14.9. The Kier molecular flexibility index (Phi) is 4.20. The van der Waals surface area contributed by atoms with E-state index in [9.17, 15) is 4.39 Å². The second-order valence-electron chi connectivity index (χ2n) is 3.96. The van der Waals surface area contributed by atoms with Gasteiger partial charge < -0.3 is 15.1 Å². The SMILES string of the molecule is CC(=N)c1cn(C)c2ccc(F)cc12.CC(=O)O. The average Bonchev–Trinajstić information content (AvgIpc) is 2.55. The van der Waals surface area contributed by atoms with Crippen LogP contribution in [-0.4, -0.2) is 21.4 Å². The van der Waals surface area contributed by atoms with Gasteiger partial charge in [0, 0.05) is 42.3 Å². The highest BCUT2D eigenvalue weighted by Gasteiger charge is 2.08. The Morgan fingerprint density at radius 3 is 2.44 bits per heavy atom. The fourth-order valence-corrected chi connectivity index (χ4v) is 1.66. The van der Waals surface area contributed by atoms with Crippen LogP contribution in [-0.2, 0) is 11.8 Å². The van der Waals surface area contributed by atoms with E-state index in [2.05, 4.69) is 0 Å². The van der Waals surface area contributed by atoms with Crippen LogP contribution in [0.4, 0.5) is 4.39 Å². The van der Waals surface area contributed by atoms with E-state index < -0.39 is 5.97 Å². The van der Waals surface area contributed by atoms with Gasteiger partial charge in [-0.05, 0) is 25.1 Å². The number of benzene rings is 1. The summed E-state index contributed by atoms with van der Waals surface area (Å²) in [7, 11) is 1.90. The number of carbonyl (C=O) groups is 1. The van der Waals surface area contributed by atoms with Crippen molar-refractivity contribution in [3.05, 3.63) is 35.8 Å². The van der Waals surface area contributed by atoms with Gasteiger partial charge in [0.15, 0.2) is 0 Å². The Hall–Kier alpha value is -2.17. The van der Waals surface area contributed by atoms with Crippen LogP contribution in [0.25, 0.3) is 10.9 Å². The highest BCUT2D eigenvalue weighted by atomic mass is 19.1. The predicted octanol–water partition coefficient (Wildman–Crippen LogP) is 2.80. The van der Waals surface area contributed by atoms with Gasteiger partial charge in [0.2, 0.25) is 0 Å². The van der Waals surface area contributed by atoms with E-state index in [1.54, 1.807) is 13.0 Å². The molecule has 0 amide bonds. The first-order chi connectivity index (χ1) is 8.32. The lowest BCUT2D eigenvalue weighted by Gasteiger charge is -1.95. The molecule has 0 bridgehead atoms. The Morgan fingerprint density at radius 2 is 1.94 bits per heavy atom. The molecule has 4 nitrogen and oxygen atoms in total. The Balaban J connectivity index is 0.000000357. The summed E-state index contributed by atoms with van der Waals surface area (Å²) in [6.45, 7) is 2.79. The number of hydrogen-bond acceptors (Lipinski definition) is 2. The fourth-order valence-electron chi connectivity index (χ4n) is 1.66. The number of halogens is 1. The van der Waals surface area contributed by atoms with Crippen LogP contribution >= 0.6 is 0 Å². The number of fused-ring (bicyclic) bond motifs is 1. The first kappa shape index (κ1) is 13.9. The number of nitrogens with one attached hydrogen (secondary N) is 1. The molecule has 0 atom stereocenters. The minimum atomic E-state index is -0.833. The molecule has 0 saturated carbocycles. The quantitative estimate of drug-likeness (QED) is 0.764. The van der Waals surface area contributed by atoms with Crippen molar-refractivity contribution in [1.29, 1.82) is 5.41 Å². The maximum absolute atomic E-state index is 13.0. The number of carboxylic acids is 1. The van der Waals surface area contributed by atoms with E-state index in [0.29, 0.717) is 5.71 Å². The maximum Gasteiger partial charge on any atom is 0.300 e. The third-order valence-corrected chi connectivity index (χ3v) is 2.36. The Bertz CT molecular complexity index is 598. The van der Waals surface area contributed by atoms with E-state index in [-0.39, 0.29) is 5.82 Å². The van der Waals surface area contributed by atoms with Gasteiger partial charge in [-0.25, -0.2) is 4.39 Å². The number of hydrogen-bond donors (Lipinski definition) is 2. The van der Waals surface area contributed by atoms with Crippen LogP contribution < -0.4 is 0 Å². The van der Waals surface area contributed by atoms with E-state index in [4.69, 9.17) is 15.3 Å². The summed E-state index contributed by atoms with van der Waals surface area (Å²) in [6.07, 6.45) is 1.85. The van der Waals surface area contributed by atoms with Crippen LogP contribution in [0.1, 0.15) is 19.4 Å². The van der Waals surface area contributed by atoms with E-state index >= 15 is 0 Å². The number of aliphatic carboxylic acids is 1. The molecule has 1 aromatic heterocycles. The first-order valence-corrected chi connectivity index (χ1v) is 5.32. The number of rotatable bonds is 1. The molecule has 2 N–H and O–H groups in total. The molecule has 96 valence electrons. The van der Waals surface area contributed by atoms with Crippen LogP contribution in [0.2, 0.25) is 0 Å². The molecule has 5 heteroatoms. The van der Waals surface area contributed by atoms with Crippen molar-refractivity contribution in [3.8, 4) is 0 Å². The minimum absolute atomic E-state index is 0.258. The molecular weight excluding hydrogens is 235 g/mol. The molecule has 0 fully saturated rings. The number of nitrogens with zero attached hydrogens (tertiary/aromatic N) is 1. The largest absolute Gasteiger partial charge is 0.481 e. The van der Waals surface area contributed by atoms with Gasteiger partial charge in [-0.15, -0.1) is 0 Å². The molecule has 0 unspecified atom stereocenters. The van der Waals surface area contributed by atoms with Crippen molar-refractivity contribution >= 4 is 22.6 Å². The van der Waals surface area contributed by atoms with Crippen LogP contribution in [0.15, 0.2) is 24.4 Å². The molecule has 2 aromatic rings. The zero-order valence-electron chi connectivity index (χ0n) is 10.5. The number of carboxylic acid groups (broad SMARTS) is 1. The summed E-state index contributed by atoms with van der Waals surface area (Å²) in [5.41, 5.74) is 2.20. The molecule has 1 heterocycles. The molecule has 18 heavy (non-hydrogen) atoms. The van der Waals surface area contributed by atoms with Crippen LogP contribution in [0.3, 0.4) is 0 Å². The van der Waals surface area contributed by atoms with Crippen molar-refractivity contribution in [2.75, 3.05) is 0 Å². The lowest BCUT2D eigenvalue weighted by atomic mass is 10.1. The lowest BCUT2D eigenvalue weighted by molar-refractivity contribution is -0.134. The summed E-state index contributed by atoms with van der Waals surface area (Å²) in [5, 5.41) is 15.8. The molecule has 0 aliphatic heterocycles. The number of aryl methyl sites for hydroxylation is 1. The smallest absolute Gasteiger partial charge is 0.300 e. The third kappa shape index (κ3) is 3.16. The van der Waals surface area contributed by atoms with E-state index in [1.165, 1.54) is 12.1 Å². The average molecular weight is 250 g/mol. The molecule has 1 aromatic carbocycles. The second-order valence-corrected chi connectivity index (χ2v) is 3.96. The summed E-state index contributed by atoms with van der Waals surface area (Å²) >= 11 is 0. The van der Waals surface area contributed by atoms with Crippen LogP contribution in [0, 0.1) is 11.2 Å². The van der Waals surface area contributed by atoms with Gasteiger partial charge in [0.1, 0.15) is 5.82 Å². The monoisotopic (exact) mass is 250 g/mol. The van der Waals surface area contributed by atoms with Gasteiger partial charge in [-0.2, -0.15) is 0 Å². The summed E-state index contributed by atoms with van der Waals surface area (Å²) in [4.78, 5) is 9.00. The topological polar surface area (TPSA) is 66.1 Å². The van der Waals surface area contributed by atoms with Crippen molar-refractivity contribution < 1.29 is 14.3 Å².